The number of piperidine rings is 1. The maximum absolute atomic E-state index is 12.6. The highest BCUT2D eigenvalue weighted by molar-refractivity contribution is 5.82. The zero-order valence-corrected chi connectivity index (χ0v) is 11.1. The summed E-state index contributed by atoms with van der Waals surface area (Å²) < 4.78 is 5.84. The van der Waals surface area contributed by atoms with Crippen LogP contribution in [0.3, 0.4) is 0 Å². The Morgan fingerprint density at radius 1 is 1.11 bits per heavy atom. The van der Waals surface area contributed by atoms with Crippen LogP contribution in [0.15, 0.2) is 0 Å². The van der Waals surface area contributed by atoms with Gasteiger partial charge in [-0.15, -0.1) is 0 Å². The Morgan fingerprint density at radius 2 is 1.94 bits per heavy atom. The molecule has 3 atom stereocenters. The molecule has 3 aliphatic rings. The van der Waals surface area contributed by atoms with Crippen molar-refractivity contribution in [3.8, 4) is 0 Å². The smallest absolute Gasteiger partial charge is 0.240 e. The van der Waals surface area contributed by atoms with Crippen molar-refractivity contribution in [1.29, 1.82) is 0 Å². The topological polar surface area (TPSA) is 41.6 Å². The van der Waals surface area contributed by atoms with Crippen LogP contribution in [-0.4, -0.2) is 48.7 Å². The molecule has 3 rings (SSSR count). The number of carbonyl (C=O) groups is 1. The second-order valence-electron chi connectivity index (χ2n) is 5.80. The van der Waals surface area contributed by atoms with E-state index >= 15 is 0 Å². The van der Waals surface area contributed by atoms with Crippen molar-refractivity contribution >= 4 is 5.91 Å². The van der Waals surface area contributed by atoms with E-state index in [1.807, 2.05) is 0 Å². The number of morpholine rings is 1. The molecule has 2 aliphatic heterocycles. The van der Waals surface area contributed by atoms with Crippen LogP contribution < -0.4 is 5.32 Å². The van der Waals surface area contributed by atoms with Crippen molar-refractivity contribution in [2.24, 2.45) is 0 Å². The van der Waals surface area contributed by atoms with Gasteiger partial charge in [-0.05, 0) is 32.2 Å². The summed E-state index contributed by atoms with van der Waals surface area (Å²) in [6.45, 7) is 2.51. The first kappa shape index (κ1) is 12.4. The number of rotatable bonds is 1. The molecule has 3 fully saturated rings. The van der Waals surface area contributed by atoms with Gasteiger partial charge in [0.1, 0.15) is 0 Å². The maximum atomic E-state index is 12.6. The predicted octanol–water partition coefficient (Wildman–Crippen LogP) is 1.30. The molecule has 0 aromatic heterocycles. The number of nitrogens with zero attached hydrogens (tertiary/aromatic N) is 1. The van der Waals surface area contributed by atoms with Gasteiger partial charge < -0.3 is 15.0 Å². The fourth-order valence-electron chi connectivity index (χ4n) is 3.63. The quantitative estimate of drug-likeness (QED) is 0.765. The molecule has 0 spiro atoms. The second kappa shape index (κ2) is 5.57. The van der Waals surface area contributed by atoms with Gasteiger partial charge in [-0.25, -0.2) is 0 Å². The van der Waals surface area contributed by atoms with E-state index < -0.39 is 0 Å². The average molecular weight is 252 g/mol. The van der Waals surface area contributed by atoms with E-state index in [9.17, 15) is 4.79 Å². The minimum Gasteiger partial charge on any atom is -0.374 e. The molecule has 18 heavy (non-hydrogen) atoms. The van der Waals surface area contributed by atoms with Gasteiger partial charge in [-0.2, -0.15) is 0 Å². The molecule has 102 valence electrons. The average Bonchev–Trinajstić information content (AvgIpc) is 2.47. The Hall–Kier alpha value is -0.610. The fourth-order valence-corrected chi connectivity index (χ4v) is 3.63. The van der Waals surface area contributed by atoms with Crippen molar-refractivity contribution in [3.63, 3.8) is 0 Å². The van der Waals surface area contributed by atoms with Crippen LogP contribution in [0.4, 0.5) is 0 Å². The van der Waals surface area contributed by atoms with Gasteiger partial charge in [-0.1, -0.05) is 19.3 Å². The summed E-state index contributed by atoms with van der Waals surface area (Å²) in [6.07, 6.45) is 8.46. The Kier molecular flexibility index (Phi) is 3.85. The molecule has 2 unspecified atom stereocenters. The van der Waals surface area contributed by atoms with Gasteiger partial charge in [0.2, 0.25) is 5.91 Å². The molecular weight excluding hydrogens is 228 g/mol. The summed E-state index contributed by atoms with van der Waals surface area (Å²) in [5, 5.41) is 3.38. The van der Waals surface area contributed by atoms with Crippen LogP contribution in [0.25, 0.3) is 0 Å². The lowest BCUT2D eigenvalue weighted by Crippen LogP contribution is -2.59. The van der Waals surface area contributed by atoms with Crippen molar-refractivity contribution < 1.29 is 9.53 Å². The highest BCUT2D eigenvalue weighted by Gasteiger charge is 2.38. The number of hydrogen-bond acceptors (Lipinski definition) is 3. The van der Waals surface area contributed by atoms with Crippen LogP contribution in [-0.2, 0) is 9.53 Å². The van der Waals surface area contributed by atoms with E-state index in [1.165, 1.54) is 25.7 Å². The monoisotopic (exact) mass is 252 g/mol. The molecular formula is C14H24N2O2. The highest BCUT2D eigenvalue weighted by Crippen LogP contribution is 2.29. The molecule has 1 amide bonds. The maximum Gasteiger partial charge on any atom is 0.240 e. The van der Waals surface area contributed by atoms with E-state index in [0.717, 1.165) is 39.0 Å². The van der Waals surface area contributed by atoms with Crippen molar-refractivity contribution in [2.45, 2.75) is 63.1 Å². The zero-order valence-electron chi connectivity index (χ0n) is 11.1. The van der Waals surface area contributed by atoms with Gasteiger partial charge in [-0.3, -0.25) is 4.79 Å². The Balaban J connectivity index is 1.67. The first-order valence-corrected chi connectivity index (χ1v) is 7.52. The SMILES string of the molecule is O=C([C@H]1CCCCN1)N1CCOC2CCCCC21. The van der Waals surface area contributed by atoms with E-state index in [-0.39, 0.29) is 6.04 Å². The summed E-state index contributed by atoms with van der Waals surface area (Å²) in [5.41, 5.74) is 0. The first-order valence-electron chi connectivity index (χ1n) is 7.52. The lowest BCUT2D eigenvalue weighted by Gasteiger charge is -2.45. The lowest BCUT2D eigenvalue weighted by molar-refractivity contribution is -0.152. The summed E-state index contributed by atoms with van der Waals surface area (Å²) >= 11 is 0. The lowest BCUT2D eigenvalue weighted by atomic mass is 9.89. The minimum atomic E-state index is 0.0689. The highest BCUT2D eigenvalue weighted by atomic mass is 16.5. The van der Waals surface area contributed by atoms with E-state index in [4.69, 9.17) is 4.74 Å². The minimum absolute atomic E-state index is 0.0689. The first-order chi connectivity index (χ1) is 8.86. The van der Waals surface area contributed by atoms with Gasteiger partial charge in [0, 0.05) is 6.54 Å². The molecule has 0 bridgehead atoms. The number of ether oxygens (including phenoxy) is 1. The van der Waals surface area contributed by atoms with Gasteiger partial charge in [0.05, 0.1) is 24.8 Å². The molecule has 2 heterocycles. The summed E-state index contributed by atoms with van der Waals surface area (Å²) in [7, 11) is 0. The van der Waals surface area contributed by atoms with Crippen molar-refractivity contribution in [1.82, 2.24) is 10.2 Å². The third kappa shape index (κ3) is 2.41. The van der Waals surface area contributed by atoms with Gasteiger partial charge in [0.15, 0.2) is 0 Å². The molecule has 1 N–H and O–H groups in total. The van der Waals surface area contributed by atoms with Crippen LogP contribution in [0, 0.1) is 0 Å². The fraction of sp³-hybridized carbons (Fsp3) is 0.929. The molecule has 1 saturated carbocycles. The van der Waals surface area contributed by atoms with Crippen LogP contribution >= 0.6 is 0 Å². The Labute approximate surface area is 109 Å². The number of fused-ring (bicyclic) bond motifs is 1. The summed E-state index contributed by atoms with van der Waals surface area (Å²) in [5.74, 6) is 0.329. The molecule has 4 heteroatoms. The molecule has 0 aromatic carbocycles. The molecule has 0 radical (unpaired) electrons. The van der Waals surface area contributed by atoms with Crippen molar-refractivity contribution in [2.75, 3.05) is 19.7 Å². The number of amides is 1. The number of nitrogens with one attached hydrogen (secondary N) is 1. The zero-order chi connectivity index (χ0) is 12.4. The second-order valence-corrected chi connectivity index (χ2v) is 5.80. The molecule has 4 nitrogen and oxygen atoms in total. The summed E-state index contributed by atoms with van der Waals surface area (Å²) in [6, 6.07) is 0.420. The van der Waals surface area contributed by atoms with Crippen LogP contribution in [0.5, 0.6) is 0 Å². The van der Waals surface area contributed by atoms with Gasteiger partial charge >= 0.3 is 0 Å². The van der Waals surface area contributed by atoms with E-state index in [1.54, 1.807) is 0 Å². The van der Waals surface area contributed by atoms with E-state index in [2.05, 4.69) is 10.2 Å². The Bertz CT molecular complexity index is 300. The molecule has 0 aromatic rings. The number of carbonyl (C=O) groups excluding carboxylic acids is 1. The van der Waals surface area contributed by atoms with E-state index in [0.29, 0.717) is 18.1 Å². The molecule has 2 saturated heterocycles. The Morgan fingerprint density at radius 3 is 2.78 bits per heavy atom. The summed E-state index contributed by atoms with van der Waals surface area (Å²) in [4.78, 5) is 14.7. The standard InChI is InChI=1S/C14H24N2O2/c17-14(11-5-3-4-8-15-11)16-9-10-18-13-7-2-1-6-12(13)16/h11-13,15H,1-10H2/t11-,12?,13?/m1/s1. The third-order valence-corrected chi connectivity index (χ3v) is 4.62. The number of hydrogen-bond donors (Lipinski definition) is 1. The largest absolute Gasteiger partial charge is 0.374 e. The van der Waals surface area contributed by atoms with Crippen LogP contribution in [0.2, 0.25) is 0 Å². The third-order valence-electron chi connectivity index (χ3n) is 4.62. The van der Waals surface area contributed by atoms with Crippen molar-refractivity contribution in [3.05, 3.63) is 0 Å². The van der Waals surface area contributed by atoms with Crippen LogP contribution in [0.1, 0.15) is 44.9 Å². The molecule has 1 aliphatic carbocycles. The normalized spacial score (nSPS) is 37.1. The van der Waals surface area contributed by atoms with Gasteiger partial charge in [0.25, 0.3) is 0 Å². The predicted molar refractivity (Wildman–Crippen MR) is 69.4 cm³/mol.